The van der Waals surface area contributed by atoms with Crippen LogP contribution in [0.1, 0.15) is 31.6 Å². The van der Waals surface area contributed by atoms with E-state index in [0.717, 1.165) is 35.7 Å². The van der Waals surface area contributed by atoms with Gasteiger partial charge in [0.1, 0.15) is 5.75 Å². The lowest BCUT2D eigenvalue weighted by Crippen LogP contribution is -2.41. The van der Waals surface area contributed by atoms with E-state index in [0.29, 0.717) is 22.6 Å². The van der Waals surface area contributed by atoms with Crippen LogP contribution in [0.5, 0.6) is 5.75 Å². The van der Waals surface area contributed by atoms with Crippen LogP contribution in [0.2, 0.25) is 5.02 Å². The molecule has 156 valence electrons. The fraction of sp³-hybridized carbons (Fsp3) is 0.318. The molecule has 1 amide bonds. The number of halogens is 2. The van der Waals surface area contributed by atoms with Gasteiger partial charge >= 0.3 is 0 Å². The van der Waals surface area contributed by atoms with Crippen molar-refractivity contribution in [3.8, 4) is 17.2 Å². The van der Waals surface area contributed by atoms with Crippen LogP contribution in [0.4, 0.5) is 0 Å². The summed E-state index contributed by atoms with van der Waals surface area (Å²) in [7, 11) is 0. The van der Waals surface area contributed by atoms with E-state index >= 15 is 0 Å². The van der Waals surface area contributed by atoms with Gasteiger partial charge in [-0.2, -0.15) is 0 Å². The lowest BCUT2D eigenvalue weighted by atomic mass is 10.2. The summed E-state index contributed by atoms with van der Waals surface area (Å²) in [6.45, 7) is 0.240. The van der Waals surface area contributed by atoms with E-state index in [1.165, 1.54) is 0 Å². The minimum atomic E-state index is -0.0870. The van der Waals surface area contributed by atoms with E-state index in [2.05, 4.69) is 26.1 Å². The number of amides is 1. The minimum Gasteiger partial charge on any atom is -0.484 e. The molecule has 1 aliphatic rings. The van der Waals surface area contributed by atoms with Crippen LogP contribution in [0.15, 0.2) is 57.4 Å². The molecule has 1 heterocycles. The Balaban J connectivity index is 1.45. The highest BCUT2D eigenvalue weighted by Gasteiger charge is 2.28. The quantitative estimate of drug-likeness (QED) is 0.437. The molecule has 30 heavy (non-hydrogen) atoms. The monoisotopic (exact) mass is 489 g/mol. The van der Waals surface area contributed by atoms with Crippen LogP contribution in [0.3, 0.4) is 0 Å². The zero-order valence-electron chi connectivity index (χ0n) is 16.3. The Labute approximate surface area is 188 Å². The number of carbonyl (C=O) groups is 1. The summed E-state index contributed by atoms with van der Waals surface area (Å²) >= 11 is 9.33. The van der Waals surface area contributed by atoms with Gasteiger partial charge in [0.25, 0.3) is 5.91 Å². The molecule has 1 aliphatic carbocycles. The number of aromatic nitrogens is 2. The molecular formula is C22H21BrClN3O3. The van der Waals surface area contributed by atoms with Crippen LogP contribution in [0.25, 0.3) is 11.5 Å². The predicted octanol–water partition coefficient (Wildman–Crippen LogP) is 5.50. The summed E-state index contributed by atoms with van der Waals surface area (Å²) in [5, 5.41) is 8.91. The SMILES string of the molecule is O=C(COc1ccc(Br)cc1)N(Cc1nnc(-c2ccc(Cl)cc2)o1)C1CCCC1. The topological polar surface area (TPSA) is 68.5 Å². The third kappa shape index (κ3) is 5.21. The molecule has 1 saturated carbocycles. The van der Waals surface area contributed by atoms with Crippen LogP contribution in [-0.2, 0) is 11.3 Å². The molecule has 0 atom stereocenters. The van der Waals surface area contributed by atoms with E-state index in [9.17, 15) is 4.79 Å². The van der Waals surface area contributed by atoms with Crippen molar-refractivity contribution in [2.75, 3.05) is 6.61 Å². The highest BCUT2D eigenvalue weighted by atomic mass is 79.9. The van der Waals surface area contributed by atoms with Crippen LogP contribution < -0.4 is 4.74 Å². The number of rotatable bonds is 7. The van der Waals surface area contributed by atoms with Gasteiger partial charge in [0.15, 0.2) is 6.61 Å². The number of carbonyl (C=O) groups excluding carboxylic acids is 1. The Morgan fingerprint density at radius 2 is 1.80 bits per heavy atom. The zero-order valence-corrected chi connectivity index (χ0v) is 18.6. The van der Waals surface area contributed by atoms with Gasteiger partial charge in [0.05, 0.1) is 6.54 Å². The fourth-order valence-corrected chi connectivity index (χ4v) is 3.96. The van der Waals surface area contributed by atoms with Crippen molar-refractivity contribution in [3.63, 3.8) is 0 Å². The number of hydrogen-bond donors (Lipinski definition) is 0. The smallest absolute Gasteiger partial charge is 0.261 e. The van der Waals surface area contributed by atoms with Gasteiger partial charge in [-0.3, -0.25) is 4.79 Å². The van der Waals surface area contributed by atoms with Crippen molar-refractivity contribution in [1.29, 1.82) is 0 Å². The first-order valence-corrected chi connectivity index (χ1v) is 11.0. The summed E-state index contributed by atoms with van der Waals surface area (Å²) in [6, 6.07) is 14.8. The minimum absolute atomic E-state index is 0.0314. The van der Waals surface area contributed by atoms with Crippen molar-refractivity contribution in [3.05, 3.63) is 63.9 Å². The van der Waals surface area contributed by atoms with E-state index in [1.54, 1.807) is 12.1 Å². The third-order valence-corrected chi connectivity index (χ3v) is 5.91. The van der Waals surface area contributed by atoms with Crippen LogP contribution in [-0.4, -0.2) is 33.7 Å². The molecule has 0 saturated heterocycles. The molecule has 6 nitrogen and oxygen atoms in total. The summed E-state index contributed by atoms with van der Waals surface area (Å²) < 4.78 is 12.5. The third-order valence-electron chi connectivity index (χ3n) is 5.13. The molecule has 4 rings (SSSR count). The molecule has 2 aromatic carbocycles. The second-order valence-corrected chi connectivity index (χ2v) is 8.56. The van der Waals surface area contributed by atoms with Crippen molar-refractivity contribution in [2.24, 2.45) is 0 Å². The second-order valence-electron chi connectivity index (χ2n) is 7.21. The molecule has 0 aliphatic heterocycles. The normalized spacial score (nSPS) is 14.1. The maximum Gasteiger partial charge on any atom is 0.261 e. The molecule has 3 aromatic rings. The van der Waals surface area contributed by atoms with Crippen molar-refractivity contribution in [1.82, 2.24) is 15.1 Å². The van der Waals surface area contributed by atoms with Gasteiger partial charge in [-0.25, -0.2) is 0 Å². The molecule has 8 heteroatoms. The zero-order chi connectivity index (χ0) is 20.9. The molecule has 0 radical (unpaired) electrons. The molecule has 1 fully saturated rings. The second kappa shape index (κ2) is 9.62. The van der Waals surface area contributed by atoms with Gasteiger partial charge in [0.2, 0.25) is 11.8 Å². The van der Waals surface area contributed by atoms with Gasteiger partial charge in [-0.1, -0.05) is 40.4 Å². The average Bonchev–Trinajstić information content (AvgIpc) is 3.44. The summed E-state index contributed by atoms with van der Waals surface area (Å²) in [6.07, 6.45) is 4.17. The summed E-state index contributed by atoms with van der Waals surface area (Å²) in [5.41, 5.74) is 0.787. The Bertz CT molecular complexity index is 986. The number of ether oxygens (including phenoxy) is 1. The molecule has 0 unspecified atom stereocenters. The lowest BCUT2D eigenvalue weighted by molar-refractivity contribution is -0.136. The summed E-state index contributed by atoms with van der Waals surface area (Å²) in [5.74, 6) is 1.38. The van der Waals surface area contributed by atoms with Crippen molar-refractivity contribution >= 4 is 33.4 Å². The highest BCUT2D eigenvalue weighted by molar-refractivity contribution is 9.10. The first-order chi connectivity index (χ1) is 14.6. The Hall–Kier alpha value is -2.38. The standard InChI is InChI=1S/C22H21BrClN3O3/c23-16-7-11-19(12-8-16)29-14-21(28)27(18-3-1-2-4-18)13-20-25-26-22(30-20)15-5-9-17(24)10-6-15/h5-12,18H,1-4,13-14H2. The molecule has 1 aromatic heterocycles. The van der Waals surface area contributed by atoms with Crippen LogP contribution >= 0.6 is 27.5 Å². The van der Waals surface area contributed by atoms with E-state index in [1.807, 2.05) is 41.3 Å². The maximum absolute atomic E-state index is 13.0. The van der Waals surface area contributed by atoms with Crippen molar-refractivity contribution < 1.29 is 13.9 Å². The van der Waals surface area contributed by atoms with Gasteiger partial charge < -0.3 is 14.1 Å². The Kier molecular flexibility index (Phi) is 6.69. The van der Waals surface area contributed by atoms with E-state index in [4.69, 9.17) is 20.8 Å². The van der Waals surface area contributed by atoms with Gasteiger partial charge in [-0.05, 0) is 61.4 Å². The van der Waals surface area contributed by atoms with Crippen LogP contribution in [0, 0.1) is 0 Å². The molecule has 0 bridgehead atoms. The highest BCUT2D eigenvalue weighted by Crippen LogP contribution is 2.26. The molecule has 0 N–H and O–H groups in total. The Morgan fingerprint density at radius 3 is 2.50 bits per heavy atom. The number of nitrogens with zero attached hydrogens (tertiary/aromatic N) is 3. The average molecular weight is 491 g/mol. The first-order valence-electron chi connectivity index (χ1n) is 9.84. The fourth-order valence-electron chi connectivity index (χ4n) is 3.57. The van der Waals surface area contributed by atoms with Gasteiger partial charge in [-0.15, -0.1) is 10.2 Å². The van der Waals surface area contributed by atoms with Crippen molar-refractivity contribution in [2.45, 2.75) is 38.3 Å². The first kappa shape index (κ1) is 20.9. The largest absolute Gasteiger partial charge is 0.484 e. The maximum atomic E-state index is 13.0. The molecular weight excluding hydrogens is 470 g/mol. The molecule has 0 spiro atoms. The number of hydrogen-bond acceptors (Lipinski definition) is 5. The lowest BCUT2D eigenvalue weighted by Gasteiger charge is -2.27. The van der Waals surface area contributed by atoms with E-state index in [-0.39, 0.29) is 25.1 Å². The van der Waals surface area contributed by atoms with Gasteiger partial charge in [0, 0.05) is 21.1 Å². The Morgan fingerprint density at radius 1 is 1.10 bits per heavy atom. The number of benzene rings is 2. The van der Waals surface area contributed by atoms with E-state index < -0.39 is 0 Å². The predicted molar refractivity (Wildman–Crippen MR) is 117 cm³/mol. The summed E-state index contributed by atoms with van der Waals surface area (Å²) in [4.78, 5) is 14.8.